The van der Waals surface area contributed by atoms with Crippen molar-refractivity contribution in [1.29, 1.82) is 0 Å². The lowest BCUT2D eigenvalue weighted by Crippen LogP contribution is -1.94. The van der Waals surface area contributed by atoms with Crippen molar-refractivity contribution in [3.8, 4) is 0 Å². The highest BCUT2D eigenvalue weighted by atomic mass is 32.2. The van der Waals surface area contributed by atoms with Crippen LogP contribution < -0.4 is 0 Å². The summed E-state index contributed by atoms with van der Waals surface area (Å²) in [5, 5.41) is 2.10. The Morgan fingerprint density at radius 1 is 1.86 bits per heavy atom. The summed E-state index contributed by atoms with van der Waals surface area (Å²) in [6.07, 6.45) is 4.22. The normalized spacial score (nSPS) is 24.4. The molecule has 1 aliphatic rings. The van der Waals surface area contributed by atoms with Gasteiger partial charge in [0.15, 0.2) is 24.7 Å². The Labute approximate surface area is 47.9 Å². The van der Waals surface area contributed by atoms with Gasteiger partial charge in [-0.1, -0.05) is 0 Å². The van der Waals surface area contributed by atoms with Gasteiger partial charge in [0.05, 0.1) is 0 Å². The van der Waals surface area contributed by atoms with Gasteiger partial charge in [-0.3, -0.25) is 0 Å². The number of nitrogens with zero attached hydrogens (tertiary/aromatic N) is 1. The molecule has 0 saturated carbocycles. The van der Waals surface area contributed by atoms with Crippen LogP contribution in [0.4, 0.5) is 0 Å². The van der Waals surface area contributed by atoms with E-state index < -0.39 is 0 Å². The number of hydrogen-bond acceptors (Lipinski definition) is 1. The second kappa shape index (κ2) is 2.17. The smallest absolute Gasteiger partial charge is 0.162 e. The van der Waals surface area contributed by atoms with Gasteiger partial charge in [0.2, 0.25) is 0 Å². The van der Waals surface area contributed by atoms with Crippen LogP contribution in [0.15, 0.2) is 11.5 Å². The highest BCUT2D eigenvalue weighted by molar-refractivity contribution is 7.96. The van der Waals surface area contributed by atoms with Crippen LogP contribution in [0.1, 0.15) is 6.92 Å². The predicted molar refractivity (Wildman–Crippen MR) is 33.6 cm³/mol. The first kappa shape index (κ1) is 4.91. The monoisotopic (exact) mass is 114 g/mol. The minimum atomic E-state index is 1.07. The van der Waals surface area contributed by atoms with E-state index >= 15 is 0 Å². The Morgan fingerprint density at radius 2 is 2.71 bits per heavy atom. The molecule has 0 spiro atoms. The molecule has 0 aromatic heterocycles. The third kappa shape index (κ3) is 1.06. The molecule has 0 fully saturated rings. The van der Waals surface area contributed by atoms with E-state index in [-0.39, 0.29) is 0 Å². The van der Waals surface area contributed by atoms with Crippen molar-refractivity contribution < 1.29 is 3.98 Å². The summed E-state index contributed by atoms with van der Waals surface area (Å²) in [7, 11) is 0. The van der Waals surface area contributed by atoms with Crippen LogP contribution in [0.25, 0.3) is 0 Å². The fraction of sp³-hybridized carbons (Fsp3) is 0.400. The van der Waals surface area contributed by atoms with E-state index in [1.165, 1.54) is 0 Å². The second-order valence-electron chi connectivity index (χ2n) is 1.34. The summed E-state index contributed by atoms with van der Waals surface area (Å²) in [5.41, 5.74) is 0. The summed E-state index contributed by atoms with van der Waals surface area (Å²) in [5.74, 6) is 0. The lowest BCUT2D eigenvalue weighted by atomic mass is 10.6. The Bertz CT molecular complexity index is 105. The van der Waals surface area contributed by atoms with Gasteiger partial charge >= 0.3 is 0 Å². The third-order valence-electron chi connectivity index (χ3n) is 0.866. The molecular formula is C5H8NS+. The van der Waals surface area contributed by atoms with Gasteiger partial charge in [-0.25, -0.2) is 0 Å². The molecule has 0 aliphatic carbocycles. The summed E-state index contributed by atoms with van der Waals surface area (Å²) < 4.78 is 2.17. The lowest BCUT2D eigenvalue weighted by Gasteiger charge is -1.79. The van der Waals surface area contributed by atoms with Gasteiger partial charge in [-0.15, -0.1) is 0 Å². The maximum atomic E-state index is 2.17. The Kier molecular flexibility index (Phi) is 1.52. The van der Waals surface area contributed by atoms with Crippen molar-refractivity contribution >= 4 is 18.2 Å². The number of hydrogen-bond donors (Lipinski definition) is 0. The molecule has 0 unspecified atom stereocenters. The van der Waals surface area contributed by atoms with E-state index in [4.69, 9.17) is 0 Å². The van der Waals surface area contributed by atoms with E-state index in [9.17, 15) is 0 Å². The summed E-state index contributed by atoms with van der Waals surface area (Å²) in [6, 6.07) is 0. The zero-order valence-corrected chi connectivity index (χ0v) is 5.11. The minimum absolute atomic E-state index is 1.07. The zero-order valence-electron chi connectivity index (χ0n) is 4.29. The van der Waals surface area contributed by atoms with Crippen LogP contribution in [0.2, 0.25) is 0 Å². The topological polar surface area (TPSA) is 3.01 Å². The van der Waals surface area contributed by atoms with E-state index in [0.717, 1.165) is 6.54 Å². The Hall–Kier alpha value is -0.240. The molecule has 0 aromatic carbocycles. The highest BCUT2D eigenvalue weighted by Crippen LogP contribution is 2.09. The minimum Gasteiger partial charge on any atom is -0.162 e. The fourth-order valence-electron chi connectivity index (χ4n) is 0.477. The molecule has 1 rings (SSSR count). The van der Waals surface area contributed by atoms with Crippen LogP contribution in [0.5, 0.6) is 0 Å². The molecule has 38 valence electrons. The molecule has 0 aromatic rings. The van der Waals surface area contributed by atoms with Crippen LogP contribution in [0, 0.1) is 0 Å². The van der Waals surface area contributed by atoms with Gasteiger partial charge < -0.3 is 0 Å². The number of rotatable bonds is 0. The van der Waals surface area contributed by atoms with Crippen molar-refractivity contribution in [2.75, 3.05) is 6.54 Å². The van der Waals surface area contributed by atoms with Crippen LogP contribution in [0.3, 0.4) is 0 Å². The van der Waals surface area contributed by atoms with Crippen molar-refractivity contribution in [2.24, 2.45) is 0 Å². The molecule has 2 heteroatoms. The third-order valence-corrected chi connectivity index (χ3v) is 1.81. The summed E-state index contributed by atoms with van der Waals surface area (Å²) in [4.78, 5) is 0. The van der Waals surface area contributed by atoms with Crippen molar-refractivity contribution in [2.45, 2.75) is 6.92 Å². The molecule has 1 aliphatic heterocycles. The first-order valence-electron chi connectivity index (χ1n) is 2.31. The standard InChI is InChI=1S/C5H8NS/c1-2-6-4-3-5-7-6/h2-3,5H,4H2,1H3/q+1. The van der Waals surface area contributed by atoms with E-state index in [2.05, 4.69) is 21.7 Å². The van der Waals surface area contributed by atoms with Crippen molar-refractivity contribution in [3.63, 3.8) is 0 Å². The van der Waals surface area contributed by atoms with Gasteiger partial charge in [0, 0.05) is 12.3 Å². The summed E-state index contributed by atoms with van der Waals surface area (Å²) in [6.45, 7) is 3.11. The quantitative estimate of drug-likeness (QED) is 0.338. The van der Waals surface area contributed by atoms with Gasteiger partial charge in [0.1, 0.15) is 0 Å². The maximum Gasteiger partial charge on any atom is 0.188 e. The largest absolute Gasteiger partial charge is 0.188 e. The van der Waals surface area contributed by atoms with Crippen molar-refractivity contribution in [3.05, 3.63) is 11.5 Å². The zero-order chi connectivity index (χ0) is 5.11. The van der Waals surface area contributed by atoms with E-state index in [1.54, 1.807) is 11.9 Å². The maximum absolute atomic E-state index is 2.17. The molecule has 0 saturated heterocycles. The first-order valence-corrected chi connectivity index (χ1v) is 3.15. The van der Waals surface area contributed by atoms with Gasteiger partial charge in [0.25, 0.3) is 0 Å². The SMILES string of the molecule is CC=[N+]1CC=CS1. The predicted octanol–water partition coefficient (Wildman–Crippen LogP) is 1.27. The average Bonchev–Trinajstić information content (AvgIpc) is 2.14. The van der Waals surface area contributed by atoms with E-state index in [0.29, 0.717) is 0 Å². The van der Waals surface area contributed by atoms with Crippen LogP contribution >= 0.6 is 11.9 Å². The fourth-order valence-corrected chi connectivity index (χ4v) is 1.10. The molecule has 7 heavy (non-hydrogen) atoms. The van der Waals surface area contributed by atoms with Crippen LogP contribution in [-0.4, -0.2) is 16.7 Å². The van der Waals surface area contributed by atoms with E-state index in [1.807, 2.05) is 6.92 Å². The molecular weight excluding hydrogens is 106 g/mol. The molecule has 0 bridgehead atoms. The molecule has 0 N–H and O–H groups in total. The summed E-state index contributed by atoms with van der Waals surface area (Å²) >= 11 is 1.74. The second-order valence-corrected chi connectivity index (χ2v) is 2.29. The molecule has 1 nitrogen and oxygen atoms in total. The highest BCUT2D eigenvalue weighted by Gasteiger charge is 2.04. The molecule has 0 atom stereocenters. The van der Waals surface area contributed by atoms with Crippen molar-refractivity contribution in [1.82, 2.24) is 0 Å². The molecule has 0 radical (unpaired) electrons. The van der Waals surface area contributed by atoms with Gasteiger partial charge in [-0.05, 0) is 6.08 Å². The average molecular weight is 114 g/mol. The lowest BCUT2D eigenvalue weighted by molar-refractivity contribution is -0.322. The first-order chi connectivity index (χ1) is 3.43. The van der Waals surface area contributed by atoms with Gasteiger partial charge in [-0.2, -0.15) is 3.98 Å². The molecule has 0 amide bonds. The molecule has 1 heterocycles. The van der Waals surface area contributed by atoms with Crippen LogP contribution in [-0.2, 0) is 0 Å². The Balaban J connectivity index is 2.51. The Morgan fingerprint density at radius 3 is 3.00 bits per heavy atom.